The largest absolute Gasteiger partial charge is 0.316 e. The number of anilines is 1. The lowest BCUT2D eigenvalue weighted by Gasteiger charge is -2.31. The topological polar surface area (TPSA) is 54.0 Å². The lowest BCUT2D eigenvalue weighted by Crippen LogP contribution is -2.48. The van der Waals surface area contributed by atoms with Crippen LogP contribution in [0.5, 0.6) is 0 Å². The third kappa shape index (κ3) is 4.41. The highest BCUT2D eigenvalue weighted by Gasteiger charge is 2.29. The Balaban J connectivity index is 0.00000208. The van der Waals surface area contributed by atoms with Crippen molar-refractivity contribution < 1.29 is 4.79 Å². The standard InChI is InChI=1S/C16H17Cl2N3OS.ClH/c1-9(11-6-19-7-11)15(22)21-16-20-8-12(23-16)5-10-3-2-4-13(17)14(10)18;/h2-4,8-9,11,19H,5-7H2,1H3,(H,20,21,22);1H. The average molecular weight is 407 g/mol. The summed E-state index contributed by atoms with van der Waals surface area (Å²) in [5.74, 6) is 0.434. The van der Waals surface area contributed by atoms with E-state index in [1.54, 1.807) is 12.3 Å². The van der Waals surface area contributed by atoms with Crippen LogP contribution in [0.4, 0.5) is 5.13 Å². The third-order valence-corrected chi connectivity index (χ3v) is 5.88. The van der Waals surface area contributed by atoms with Gasteiger partial charge in [-0.15, -0.1) is 23.7 Å². The van der Waals surface area contributed by atoms with E-state index in [4.69, 9.17) is 23.2 Å². The molecule has 1 aliphatic rings. The van der Waals surface area contributed by atoms with E-state index >= 15 is 0 Å². The summed E-state index contributed by atoms with van der Waals surface area (Å²) in [4.78, 5) is 17.5. The highest BCUT2D eigenvalue weighted by atomic mass is 35.5. The Kier molecular flexibility index (Phi) is 6.89. The molecule has 24 heavy (non-hydrogen) atoms. The van der Waals surface area contributed by atoms with E-state index in [0.717, 1.165) is 23.5 Å². The molecule has 0 radical (unpaired) electrons. The Bertz CT molecular complexity index is 718. The van der Waals surface area contributed by atoms with E-state index in [-0.39, 0.29) is 24.2 Å². The number of benzene rings is 1. The van der Waals surface area contributed by atoms with Crippen molar-refractivity contribution in [2.24, 2.45) is 11.8 Å². The Morgan fingerprint density at radius 2 is 2.21 bits per heavy atom. The fraction of sp³-hybridized carbons (Fsp3) is 0.375. The maximum atomic E-state index is 12.2. The zero-order chi connectivity index (χ0) is 16.4. The number of aromatic nitrogens is 1. The molecule has 1 amide bonds. The summed E-state index contributed by atoms with van der Waals surface area (Å²) in [5, 5.41) is 7.83. The van der Waals surface area contributed by atoms with E-state index in [0.29, 0.717) is 27.5 Å². The van der Waals surface area contributed by atoms with Crippen LogP contribution in [0.3, 0.4) is 0 Å². The summed E-state index contributed by atoms with van der Waals surface area (Å²) in [6.45, 7) is 3.77. The molecule has 1 aliphatic heterocycles. The molecule has 0 bridgehead atoms. The van der Waals surface area contributed by atoms with Gasteiger partial charge in [-0.3, -0.25) is 4.79 Å². The van der Waals surface area contributed by atoms with Crippen LogP contribution in [0.15, 0.2) is 24.4 Å². The van der Waals surface area contributed by atoms with Crippen molar-refractivity contribution in [2.45, 2.75) is 13.3 Å². The Morgan fingerprint density at radius 1 is 1.46 bits per heavy atom. The molecule has 1 saturated heterocycles. The minimum Gasteiger partial charge on any atom is -0.316 e. The van der Waals surface area contributed by atoms with Gasteiger partial charge < -0.3 is 10.6 Å². The quantitative estimate of drug-likeness (QED) is 0.780. The summed E-state index contributed by atoms with van der Waals surface area (Å²) in [6, 6.07) is 5.59. The smallest absolute Gasteiger partial charge is 0.229 e. The fourth-order valence-electron chi connectivity index (χ4n) is 2.42. The summed E-state index contributed by atoms with van der Waals surface area (Å²) >= 11 is 13.7. The number of thiazole rings is 1. The molecule has 3 rings (SSSR count). The normalized spacial score (nSPS) is 15.3. The lowest BCUT2D eigenvalue weighted by atomic mass is 9.88. The maximum Gasteiger partial charge on any atom is 0.229 e. The third-order valence-electron chi connectivity index (χ3n) is 4.11. The van der Waals surface area contributed by atoms with E-state index in [2.05, 4.69) is 15.6 Å². The Labute approximate surface area is 161 Å². The van der Waals surface area contributed by atoms with Crippen LogP contribution in [0.1, 0.15) is 17.4 Å². The van der Waals surface area contributed by atoms with Crippen molar-refractivity contribution in [1.82, 2.24) is 10.3 Å². The predicted molar refractivity (Wildman–Crippen MR) is 103 cm³/mol. The van der Waals surface area contributed by atoms with Crippen LogP contribution in [-0.4, -0.2) is 24.0 Å². The number of nitrogens with zero attached hydrogens (tertiary/aromatic N) is 1. The van der Waals surface area contributed by atoms with E-state index < -0.39 is 0 Å². The van der Waals surface area contributed by atoms with Crippen LogP contribution in [0, 0.1) is 11.8 Å². The van der Waals surface area contributed by atoms with Crippen molar-refractivity contribution in [2.75, 3.05) is 18.4 Å². The summed E-state index contributed by atoms with van der Waals surface area (Å²) in [5.41, 5.74) is 0.953. The number of hydrogen-bond acceptors (Lipinski definition) is 4. The highest BCUT2D eigenvalue weighted by molar-refractivity contribution is 7.15. The van der Waals surface area contributed by atoms with Gasteiger partial charge in [0.05, 0.1) is 10.0 Å². The lowest BCUT2D eigenvalue weighted by molar-refractivity contribution is -0.121. The highest BCUT2D eigenvalue weighted by Crippen LogP contribution is 2.29. The second-order valence-electron chi connectivity index (χ2n) is 5.72. The van der Waals surface area contributed by atoms with Gasteiger partial charge in [0.15, 0.2) is 5.13 Å². The molecule has 130 valence electrons. The van der Waals surface area contributed by atoms with E-state index in [1.165, 1.54) is 11.3 Å². The maximum absolute atomic E-state index is 12.2. The summed E-state index contributed by atoms with van der Waals surface area (Å²) in [6.07, 6.45) is 2.42. The molecule has 0 aliphatic carbocycles. The molecule has 0 spiro atoms. The van der Waals surface area contributed by atoms with Gasteiger partial charge in [0.1, 0.15) is 0 Å². The molecule has 1 aromatic heterocycles. The zero-order valence-electron chi connectivity index (χ0n) is 13.0. The number of carbonyl (C=O) groups is 1. The predicted octanol–water partition coefficient (Wildman–Crippen LogP) is 4.26. The van der Waals surface area contributed by atoms with Crippen molar-refractivity contribution in [3.8, 4) is 0 Å². The first kappa shape index (κ1) is 19.5. The molecule has 2 aromatic rings. The Morgan fingerprint density at radius 3 is 2.88 bits per heavy atom. The molecular weight excluding hydrogens is 389 g/mol. The molecular formula is C16H18Cl3N3OS. The molecule has 2 heterocycles. The fourth-order valence-corrected chi connectivity index (χ4v) is 3.64. The molecule has 1 unspecified atom stereocenters. The monoisotopic (exact) mass is 405 g/mol. The number of carbonyl (C=O) groups excluding carboxylic acids is 1. The number of nitrogens with one attached hydrogen (secondary N) is 2. The minimum absolute atomic E-state index is 0. The van der Waals surface area contributed by atoms with Crippen molar-refractivity contribution in [3.05, 3.63) is 44.9 Å². The van der Waals surface area contributed by atoms with Crippen LogP contribution in [0.25, 0.3) is 0 Å². The van der Waals surface area contributed by atoms with Gasteiger partial charge in [-0.05, 0) is 30.6 Å². The van der Waals surface area contributed by atoms with Gasteiger partial charge in [0.2, 0.25) is 5.91 Å². The zero-order valence-corrected chi connectivity index (χ0v) is 16.2. The van der Waals surface area contributed by atoms with E-state index in [1.807, 2.05) is 19.1 Å². The second-order valence-corrected chi connectivity index (χ2v) is 7.62. The van der Waals surface area contributed by atoms with Crippen LogP contribution >= 0.6 is 46.9 Å². The van der Waals surface area contributed by atoms with Crippen LogP contribution < -0.4 is 10.6 Å². The van der Waals surface area contributed by atoms with Gasteiger partial charge in [0, 0.05) is 23.4 Å². The molecule has 2 N–H and O–H groups in total. The average Bonchev–Trinajstić information content (AvgIpc) is 2.89. The van der Waals surface area contributed by atoms with Gasteiger partial charge in [0.25, 0.3) is 0 Å². The Hall–Kier alpha value is -0.850. The summed E-state index contributed by atoms with van der Waals surface area (Å²) in [7, 11) is 0. The summed E-state index contributed by atoms with van der Waals surface area (Å²) < 4.78 is 0. The second kappa shape index (κ2) is 8.50. The van der Waals surface area contributed by atoms with Crippen LogP contribution in [0.2, 0.25) is 10.0 Å². The molecule has 1 atom stereocenters. The number of amides is 1. The molecule has 8 heteroatoms. The van der Waals surface area contributed by atoms with Gasteiger partial charge >= 0.3 is 0 Å². The molecule has 1 fully saturated rings. The molecule has 0 saturated carbocycles. The number of hydrogen-bond donors (Lipinski definition) is 2. The van der Waals surface area contributed by atoms with Crippen molar-refractivity contribution in [1.29, 1.82) is 0 Å². The first-order chi connectivity index (χ1) is 11.0. The number of halogens is 3. The first-order valence-electron chi connectivity index (χ1n) is 7.43. The van der Waals surface area contributed by atoms with Crippen molar-refractivity contribution in [3.63, 3.8) is 0 Å². The van der Waals surface area contributed by atoms with Gasteiger partial charge in [-0.1, -0.05) is 42.3 Å². The van der Waals surface area contributed by atoms with Crippen molar-refractivity contribution >= 4 is 58.0 Å². The minimum atomic E-state index is -0.00836. The molecule has 1 aromatic carbocycles. The van der Waals surface area contributed by atoms with E-state index in [9.17, 15) is 4.79 Å². The van der Waals surface area contributed by atoms with Gasteiger partial charge in [-0.25, -0.2) is 4.98 Å². The number of rotatable bonds is 5. The SMILES string of the molecule is CC(C(=O)Nc1ncc(Cc2cccc(Cl)c2Cl)s1)C1CNC1.Cl. The van der Waals surface area contributed by atoms with Gasteiger partial charge in [-0.2, -0.15) is 0 Å². The van der Waals surface area contributed by atoms with Crippen LogP contribution in [-0.2, 0) is 11.2 Å². The first-order valence-corrected chi connectivity index (χ1v) is 9.01. The molecule has 4 nitrogen and oxygen atoms in total.